The molecule has 1 aliphatic heterocycles. The number of hydrogen-bond acceptors (Lipinski definition) is 2. The van der Waals surface area contributed by atoms with Gasteiger partial charge >= 0.3 is 0 Å². The van der Waals surface area contributed by atoms with Gasteiger partial charge in [-0.05, 0) is 29.8 Å². The van der Waals surface area contributed by atoms with E-state index >= 15 is 0 Å². The van der Waals surface area contributed by atoms with E-state index in [1.165, 1.54) is 11.3 Å². The van der Waals surface area contributed by atoms with Gasteiger partial charge < -0.3 is 9.74 Å². The highest BCUT2D eigenvalue weighted by Crippen LogP contribution is 2.38. The second-order valence-corrected chi connectivity index (χ2v) is 11.5. The average molecular weight is 275 g/mol. The minimum absolute atomic E-state index is 0.205. The van der Waals surface area contributed by atoms with Crippen molar-refractivity contribution >= 4 is 14.0 Å². The summed E-state index contributed by atoms with van der Waals surface area (Å²) in [4.78, 5) is 0. The number of nitrogens with one attached hydrogen (secondary N) is 1. The molecule has 3 heteroatoms. The summed E-state index contributed by atoms with van der Waals surface area (Å²) in [5.41, 5.74) is 2.44. The molecule has 2 rings (SSSR count). The first-order chi connectivity index (χ1) is 8.79. The first kappa shape index (κ1) is 14.3. The molecular weight excluding hydrogens is 250 g/mol. The number of hydrogen-bond donors (Lipinski definition) is 1. The van der Waals surface area contributed by atoms with E-state index in [0.717, 1.165) is 6.54 Å². The molecule has 0 unspecified atom stereocenters. The largest absolute Gasteiger partial charge is 0.409 e. The third kappa shape index (κ3) is 3.28. The molecule has 0 saturated heterocycles. The quantitative estimate of drug-likeness (QED) is 0.841. The van der Waals surface area contributed by atoms with E-state index in [-0.39, 0.29) is 11.1 Å². The van der Waals surface area contributed by atoms with Gasteiger partial charge in [-0.25, -0.2) is 0 Å². The normalized spacial score (nSPS) is 20.1. The Hall–Kier alpha value is -1.06. The Morgan fingerprint density at radius 3 is 2.37 bits per heavy atom. The van der Waals surface area contributed by atoms with Gasteiger partial charge in [0.25, 0.3) is 0 Å². The smallest absolute Gasteiger partial charge is 0.192 e. The maximum absolute atomic E-state index is 6.41. The summed E-state index contributed by atoms with van der Waals surface area (Å²) in [5, 5.41) is 3.72. The number of benzene rings is 1. The van der Waals surface area contributed by atoms with Gasteiger partial charge in [-0.2, -0.15) is 0 Å². The van der Waals surface area contributed by atoms with Crippen molar-refractivity contribution in [1.82, 2.24) is 5.32 Å². The van der Waals surface area contributed by atoms with Crippen molar-refractivity contribution in [2.75, 3.05) is 6.54 Å². The van der Waals surface area contributed by atoms with Crippen LogP contribution in [-0.4, -0.2) is 21.0 Å². The third-order valence-electron chi connectivity index (χ3n) is 4.18. The molecule has 0 aliphatic carbocycles. The molecule has 0 amide bonds. The summed E-state index contributed by atoms with van der Waals surface area (Å²) in [6, 6.07) is 10.4. The Balaban J connectivity index is 2.08. The van der Waals surface area contributed by atoms with Crippen molar-refractivity contribution in [3.05, 3.63) is 42.0 Å². The lowest BCUT2D eigenvalue weighted by Crippen LogP contribution is -2.44. The topological polar surface area (TPSA) is 21.3 Å². The Kier molecular flexibility index (Phi) is 3.88. The lowest BCUT2D eigenvalue weighted by molar-refractivity contribution is 0.234. The van der Waals surface area contributed by atoms with Crippen LogP contribution in [0.5, 0.6) is 0 Å². The van der Waals surface area contributed by atoms with Gasteiger partial charge in [-0.3, -0.25) is 0 Å². The Bertz CT molecular complexity index is 459. The van der Waals surface area contributed by atoms with Crippen LogP contribution in [0.15, 0.2) is 36.4 Å². The fourth-order valence-electron chi connectivity index (χ4n) is 1.96. The fourth-order valence-corrected chi connectivity index (χ4v) is 3.22. The van der Waals surface area contributed by atoms with Gasteiger partial charge in [0.15, 0.2) is 8.32 Å². The van der Waals surface area contributed by atoms with Crippen LogP contribution in [0.1, 0.15) is 26.3 Å². The molecule has 1 aliphatic rings. The molecular formula is C16H25NOSi. The van der Waals surface area contributed by atoms with E-state index in [1.54, 1.807) is 0 Å². The minimum atomic E-state index is -1.69. The summed E-state index contributed by atoms with van der Waals surface area (Å²) in [6.07, 6.45) is 2.44. The van der Waals surface area contributed by atoms with Crippen LogP contribution in [0, 0.1) is 0 Å². The van der Waals surface area contributed by atoms with E-state index in [9.17, 15) is 0 Å². The van der Waals surface area contributed by atoms with E-state index in [0.29, 0.717) is 0 Å². The molecule has 0 fully saturated rings. The van der Waals surface area contributed by atoms with Crippen LogP contribution in [0.4, 0.5) is 0 Å². The highest BCUT2D eigenvalue weighted by Gasteiger charge is 2.39. The highest BCUT2D eigenvalue weighted by atomic mass is 28.4. The molecule has 1 heterocycles. The monoisotopic (exact) mass is 275 g/mol. The molecule has 1 atom stereocenters. The third-order valence-corrected chi connectivity index (χ3v) is 8.69. The van der Waals surface area contributed by atoms with E-state index in [1.807, 2.05) is 6.07 Å². The molecule has 0 saturated carbocycles. The van der Waals surface area contributed by atoms with Crippen molar-refractivity contribution in [1.29, 1.82) is 0 Å². The Morgan fingerprint density at radius 1 is 1.16 bits per heavy atom. The Labute approximate surface area is 118 Å². The first-order valence-electron chi connectivity index (χ1n) is 6.98. The lowest BCUT2D eigenvalue weighted by Gasteiger charge is -2.37. The molecule has 1 aromatic rings. The predicted octanol–water partition coefficient (Wildman–Crippen LogP) is 4.02. The molecule has 1 N–H and O–H groups in total. The van der Waals surface area contributed by atoms with Crippen molar-refractivity contribution in [2.24, 2.45) is 0 Å². The van der Waals surface area contributed by atoms with Crippen molar-refractivity contribution in [2.45, 2.75) is 45.0 Å². The van der Waals surface area contributed by atoms with Gasteiger partial charge in [-0.1, -0.05) is 51.1 Å². The van der Waals surface area contributed by atoms with E-state index < -0.39 is 8.32 Å². The molecule has 1 aromatic carbocycles. The molecule has 0 radical (unpaired) electrons. The average Bonchev–Trinajstić information content (AvgIpc) is 2.76. The lowest BCUT2D eigenvalue weighted by atomic mass is 10.1. The van der Waals surface area contributed by atoms with Gasteiger partial charge in [-0.15, -0.1) is 0 Å². The van der Waals surface area contributed by atoms with Crippen LogP contribution in [0.25, 0.3) is 5.70 Å². The molecule has 104 valence electrons. The number of rotatable bonds is 3. The van der Waals surface area contributed by atoms with Crippen LogP contribution < -0.4 is 5.32 Å². The zero-order valence-electron chi connectivity index (χ0n) is 12.7. The van der Waals surface area contributed by atoms with Gasteiger partial charge in [0.1, 0.15) is 0 Å². The van der Waals surface area contributed by atoms with E-state index in [4.69, 9.17) is 4.43 Å². The zero-order chi connectivity index (χ0) is 14.1. The van der Waals surface area contributed by atoms with Crippen LogP contribution in [-0.2, 0) is 4.43 Å². The van der Waals surface area contributed by atoms with Crippen LogP contribution in [0.3, 0.4) is 0 Å². The van der Waals surface area contributed by atoms with Gasteiger partial charge in [0.05, 0.1) is 6.10 Å². The summed E-state index contributed by atoms with van der Waals surface area (Å²) in [5.74, 6) is 0. The molecule has 2 nitrogen and oxygen atoms in total. The van der Waals surface area contributed by atoms with Crippen molar-refractivity contribution in [3.8, 4) is 0 Å². The van der Waals surface area contributed by atoms with E-state index in [2.05, 4.69) is 69.5 Å². The predicted molar refractivity (Wildman–Crippen MR) is 84.5 cm³/mol. The zero-order valence-corrected chi connectivity index (χ0v) is 13.7. The maximum atomic E-state index is 6.41. The summed E-state index contributed by atoms with van der Waals surface area (Å²) in [6.45, 7) is 12.3. The molecule has 19 heavy (non-hydrogen) atoms. The fraction of sp³-hybridized carbons (Fsp3) is 0.500. The standard InChI is InChI=1S/C16H25NOSi/c1-16(2,3)19(4,5)18-14-11-15(17-12-14)13-9-7-6-8-10-13/h6-11,14,17H,12H2,1-5H3/t14-/m1/s1. The summed E-state index contributed by atoms with van der Waals surface area (Å²) >= 11 is 0. The minimum Gasteiger partial charge on any atom is -0.409 e. The SMILES string of the molecule is CC(C)(C)[Si](C)(C)O[C@@H]1C=C(c2ccccc2)NC1. The highest BCUT2D eigenvalue weighted by molar-refractivity contribution is 6.74. The molecule has 0 spiro atoms. The molecule has 0 aromatic heterocycles. The summed E-state index contributed by atoms with van der Waals surface area (Å²) < 4.78 is 6.41. The van der Waals surface area contributed by atoms with Crippen molar-refractivity contribution in [3.63, 3.8) is 0 Å². The molecule has 0 bridgehead atoms. The Morgan fingerprint density at radius 2 is 1.79 bits per heavy atom. The first-order valence-corrected chi connectivity index (χ1v) is 9.89. The van der Waals surface area contributed by atoms with Crippen molar-refractivity contribution < 1.29 is 4.43 Å². The van der Waals surface area contributed by atoms with Crippen LogP contribution in [0.2, 0.25) is 18.1 Å². The van der Waals surface area contributed by atoms with Gasteiger partial charge in [0.2, 0.25) is 0 Å². The van der Waals surface area contributed by atoms with Crippen LogP contribution >= 0.6 is 0 Å². The maximum Gasteiger partial charge on any atom is 0.192 e. The summed E-state index contributed by atoms with van der Waals surface area (Å²) in [7, 11) is -1.69. The van der Waals surface area contributed by atoms with Gasteiger partial charge in [0, 0.05) is 12.2 Å². The second-order valence-electron chi connectivity index (χ2n) is 6.74. The second kappa shape index (κ2) is 5.14.